The summed E-state index contributed by atoms with van der Waals surface area (Å²) in [5, 5.41) is 3.70. The van der Waals surface area contributed by atoms with Crippen LogP contribution in [0.25, 0.3) is 0 Å². The molecule has 1 N–H and O–H groups in total. The van der Waals surface area contributed by atoms with E-state index < -0.39 is 0 Å². The zero-order chi connectivity index (χ0) is 17.6. The average molecular weight is 380 g/mol. The highest BCUT2D eigenvalue weighted by molar-refractivity contribution is 7.98. The summed E-state index contributed by atoms with van der Waals surface area (Å²) in [6.45, 7) is 3.87. The molecule has 3 rings (SSSR count). The summed E-state index contributed by atoms with van der Waals surface area (Å²) in [6.07, 6.45) is 2.86. The van der Waals surface area contributed by atoms with Gasteiger partial charge >= 0.3 is 0 Å². The smallest absolute Gasteiger partial charge is 0.251 e. The number of carbonyl (C=O) groups is 1. The Bertz CT molecular complexity index is 599. The summed E-state index contributed by atoms with van der Waals surface area (Å²) in [5.41, 5.74) is 1.30. The highest BCUT2D eigenvalue weighted by Crippen LogP contribution is 2.16. The van der Waals surface area contributed by atoms with Crippen molar-refractivity contribution >= 4 is 35.0 Å². The zero-order valence-electron chi connectivity index (χ0n) is 14.5. The van der Waals surface area contributed by atoms with Gasteiger partial charge in [0.25, 0.3) is 5.91 Å². The quantitative estimate of drug-likeness (QED) is 0.728. The van der Waals surface area contributed by atoms with E-state index in [0.29, 0.717) is 18.3 Å². The second-order valence-electron chi connectivity index (χ2n) is 6.45. The van der Waals surface area contributed by atoms with E-state index in [1.165, 1.54) is 5.56 Å². The number of thioether (sulfide) groups is 1. The molecule has 136 valence electrons. The number of hydrogen-bond donors (Lipinski definition) is 1. The summed E-state index contributed by atoms with van der Waals surface area (Å²) < 4.78 is 5.89. The lowest BCUT2D eigenvalue weighted by Crippen LogP contribution is -2.48. The molecule has 1 aromatic carbocycles. The van der Waals surface area contributed by atoms with Gasteiger partial charge in [-0.1, -0.05) is 30.3 Å². The number of ether oxygens (including phenoxy) is 1. The second-order valence-corrected chi connectivity index (χ2v) is 7.82. The number of morpholine rings is 1. The summed E-state index contributed by atoms with van der Waals surface area (Å²) in [7, 11) is 0. The molecule has 25 heavy (non-hydrogen) atoms. The van der Waals surface area contributed by atoms with Gasteiger partial charge in [0.15, 0.2) is 5.11 Å². The van der Waals surface area contributed by atoms with E-state index in [0.717, 1.165) is 31.8 Å². The van der Waals surface area contributed by atoms with Crippen LogP contribution in [-0.4, -0.2) is 71.2 Å². The molecule has 2 heterocycles. The van der Waals surface area contributed by atoms with E-state index in [1.54, 1.807) is 16.7 Å². The lowest BCUT2D eigenvalue weighted by atomic mass is 10.2. The number of carbonyl (C=O) groups excluding carboxylic acids is 1. The molecule has 2 fully saturated rings. The van der Waals surface area contributed by atoms with Crippen LogP contribution in [0.4, 0.5) is 0 Å². The van der Waals surface area contributed by atoms with Crippen LogP contribution in [0.1, 0.15) is 12.0 Å². The van der Waals surface area contributed by atoms with Crippen LogP contribution >= 0.6 is 24.0 Å². The monoisotopic (exact) mass is 379 g/mol. The van der Waals surface area contributed by atoms with Gasteiger partial charge in [0.2, 0.25) is 0 Å². The highest BCUT2D eigenvalue weighted by Gasteiger charge is 2.37. The van der Waals surface area contributed by atoms with Crippen LogP contribution in [-0.2, 0) is 16.1 Å². The summed E-state index contributed by atoms with van der Waals surface area (Å²) in [4.78, 5) is 16.6. The van der Waals surface area contributed by atoms with Gasteiger partial charge in [-0.25, -0.2) is 0 Å². The first-order valence-corrected chi connectivity index (χ1v) is 10.5. The fourth-order valence-electron chi connectivity index (χ4n) is 3.26. The first-order chi connectivity index (χ1) is 12.2. The van der Waals surface area contributed by atoms with Gasteiger partial charge in [0.05, 0.1) is 19.3 Å². The zero-order valence-corrected chi connectivity index (χ0v) is 16.2. The first kappa shape index (κ1) is 18.6. The molecule has 7 heteroatoms. The molecule has 2 saturated heterocycles. The van der Waals surface area contributed by atoms with E-state index >= 15 is 0 Å². The SMILES string of the molecule is CSCC[C@H]1NC(=S)N(C[C@H]2CN(Cc3ccccc3)CCO2)C1=O. The number of nitrogens with one attached hydrogen (secondary N) is 1. The van der Waals surface area contributed by atoms with Crippen LogP contribution in [0.5, 0.6) is 0 Å². The van der Waals surface area contributed by atoms with Crippen molar-refractivity contribution in [3.63, 3.8) is 0 Å². The second kappa shape index (κ2) is 8.98. The molecule has 0 radical (unpaired) electrons. The number of hydrogen-bond acceptors (Lipinski definition) is 5. The third-order valence-corrected chi connectivity index (χ3v) is 5.56. The number of rotatable bonds is 7. The lowest BCUT2D eigenvalue weighted by molar-refractivity contribution is -0.129. The van der Waals surface area contributed by atoms with Gasteiger partial charge in [0.1, 0.15) is 6.04 Å². The van der Waals surface area contributed by atoms with Gasteiger partial charge < -0.3 is 10.1 Å². The Labute approximate surface area is 159 Å². The fraction of sp³-hybridized carbons (Fsp3) is 0.556. The Hall–Kier alpha value is -1.15. The van der Waals surface area contributed by atoms with Crippen molar-refractivity contribution in [1.29, 1.82) is 0 Å². The predicted molar refractivity (Wildman–Crippen MR) is 106 cm³/mol. The van der Waals surface area contributed by atoms with Gasteiger partial charge in [-0.2, -0.15) is 11.8 Å². The fourth-order valence-corrected chi connectivity index (χ4v) is 4.04. The Morgan fingerprint density at radius 1 is 1.36 bits per heavy atom. The van der Waals surface area contributed by atoms with Crippen LogP contribution in [0.2, 0.25) is 0 Å². The molecular weight excluding hydrogens is 354 g/mol. The van der Waals surface area contributed by atoms with E-state index in [1.807, 2.05) is 12.3 Å². The van der Waals surface area contributed by atoms with Crippen molar-refractivity contribution in [1.82, 2.24) is 15.1 Å². The molecule has 2 atom stereocenters. The molecule has 0 aromatic heterocycles. The van der Waals surface area contributed by atoms with Gasteiger partial charge in [0, 0.05) is 19.6 Å². The van der Waals surface area contributed by atoms with Gasteiger partial charge in [-0.3, -0.25) is 14.6 Å². The normalized spacial score (nSPS) is 24.6. The summed E-state index contributed by atoms with van der Waals surface area (Å²) in [5.74, 6) is 1.04. The third kappa shape index (κ3) is 4.94. The summed E-state index contributed by atoms with van der Waals surface area (Å²) in [6, 6.07) is 10.3. The molecular formula is C18H25N3O2S2. The molecule has 0 bridgehead atoms. The van der Waals surface area contributed by atoms with Crippen LogP contribution in [0, 0.1) is 0 Å². The molecule has 0 spiro atoms. The molecule has 5 nitrogen and oxygen atoms in total. The third-order valence-electron chi connectivity index (χ3n) is 4.58. The summed E-state index contributed by atoms with van der Waals surface area (Å²) >= 11 is 7.11. The molecule has 0 unspecified atom stereocenters. The van der Waals surface area contributed by atoms with Crippen LogP contribution < -0.4 is 5.32 Å². The minimum Gasteiger partial charge on any atom is -0.374 e. The van der Waals surface area contributed by atoms with Crippen molar-refractivity contribution in [2.24, 2.45) is 0 Å². The minimum atomic E-state index is -0.177. The maximum atomic E-state index is 12.6. The first-order valence-electron chi connectivity index (χ1n) is 8.66. The highest BCUT2D eigenvalue weighted by atomic mass is 32.2. The Balaban J connectivity index is 1.53. The lowest BCUT2D eigenvalue weighted by Gasteiger charge is -2.34. The largest absolute Gasteiger partial charge is 0.374 e. The van der Waals surface area contributed by atoms with Crippen LogP contribution in [0.3, 0.4) is 0 Å². The molecule has 1 amide bonds. The maximum Gasteiger partial charge on any atom is 0.251 e. The van der Waals surface area contributed by atoms with E-state index in [9.17, 15) is 4.79 Å². The Morgan fingerprint density at radius 2 is 2.16 bits per heavy atom. The van der Waals surface area contributed by atoms with E-state index in [2.05, 4.69) is 34.5 Å². The van der Waals surface area contributed by atoms with E-state index in [-0.39, 0.29) is 18.1 Å². The number of benzene rings is 1. The van der Waals surface area contributed by atoms with Crippen molar-refractivity contribution in [3.05, 3.63) is 35.9 Å². The number of amides is 1. The number of nitrogens with zero attached hydrogens (tertiary/aromatic N) is 2. The Kier molecular flexibility index (Phi) is 6.70. The van der Waals surface area contributed by atoms with Crippen LogP contribution in [0.15, 0.2) is 30.3 Å². The van der Waals surface area contributed by atoms with Crippen molar-refractivity contribution in [2.45, 2.75) is 25.1 Å². The van der Waals surface area contributed by atoms with Crippen molar-refractivity contribution < 1.29 is 9.53 Å². The predicted octanol–water partition coefficient (Wildman–Crippen LogP) is 1.73. The topological polar surface area (TPSA) is 44.8 Å². The van der Waals surface area contributed by atoms with Gasteiger partial charge in [-0.05, 0) is 36.2 Å². The molecule has 2 aliphatic heterocycles. The molecule has 1 aromatic rings. The van der Waals surface area contributed by atoms with Gasteiger partial charge in [-0.15, -0.1) is 0 Å². The minimum absolute atomic E-state index is 0.000428. The Morgan fingerprint density at radius 3 is 2.92 bits per heavy atom. The van der Waals surface area contributed by atoms with Crippen molar-refractivity contribution in [2.75, 3.05) is 38.2 Å². The molecule has 2 aliphatic rings. The molecule has 0 saturated carbocycles. The molecule has 0 aliphatic carbocycles. The number of thiocarbonyl (C=S) groups is 1. The van der Waals surface area contributed by atoms with Crippen molar-refractivity contribution in [3.8, 4) is 0 Å². The standard InChI is InChI=1S/C18H25N3O2S2/c1-25-10-7-16-17(22)21(18(24)19-16)13-15-12-20(8-9-23-15)11-14-5-3-2-4-6-14/h2-6,15-16H,7-13H2,1H3,(H,19,24)/t15-,16-/m1/s1. The van der Waals surface area contributed by atoms with E-state index in [4.69, 9.17) is 17.0 Å². The maximum absolute atomic E-state index is 12.6. The average Bonchev–Trinajstić information content (AvgIpc) is 2.89.